The molecule has 0 radical (unpaired) electrons. The van der Waals surface area contributed by atoms with Gasteiger partial charge in [-0.3, -0.25) is 4.79 Å². The Kier molecular flexibility index (Phi) is 3.57. The van der Waals surface area contributed by atoms with E-state index < -0.39 is 0 Å². The van der Waals surface area contributed by atoms with Gasteiger partial charge in [0.2, 0.25) is 0 Å². The average Bonchev–Trinajstić information content (AvgIpc) is 2.99. The first-order valence-electron chi connectivity index (χ1n) is 6.81. The lowest BCUT2D eigenvalue weighted by atomic mass is 10.1. The van der Waals surface area contributed by atoms with Crippen LogP contribution in [0.3, 0.4) is 0 Å². The fourth-order valence-corrected chi connectivity index (χ4v) is 3.70. The molecule has 1 aromatic heterocycles. The number of thiophene rings is 1. The molecule has 0 saturated heterocycles. The van der Waals surface area contributed by atoms with E-state index in [2.05, 4.69) is 5.32 Å². The molecule has 1 atom stereocenters. The summed E-state index contributed by atoms with van der Waals surface area (Å²) < 4.78 is 12.9. The summed E-state index contributed by atoms with van der Waals surface area (Å²) in [6.45, 7) is 1.91. The second kappa shape index (κ2) is 5.37. The third-order valence-corrected chi connectivity index (χ3v) is 4.92. The van der Waals surface area contributed by atoms with Crippen molar-refractivity contribution in [1.29, 1.82) is 0 Å². The number of fused-ring (bicyclic) bond motifs is 1. The lowest BCUT2D eigenvalue weighted by Crippen LogP contribution is -2.25. The van der Waals surface area contributed by atoms with Crippen LogP contribution in [0.4, 0.5) is 4.39 Å². The third-order valence-electron chi connectivity index (χ3n) is 3.69. The summed E-state index contributed by atoms with van der Waals surface area (Å²) in [7, 11) is 0. The van der Waals surface area contributed by atoms with Gasteiger partial charge in [-0.1, -0.05) is 12.1 Å². The van der Waals surface area contributed by atoms with Crippen molar-refractivity contribution in [2.75, 3.05) is 0 Å². The fourth-order valence-electron chi connectivity index (χ4n) is 2.54. The van der Waals surface area contributed by atoms with Gasteiger partial charge in [0.1, 0.15) is 5.82 Å². The number of hydrogen-bond donors (Lipinski definition) is 1. The van der Waals surface area contributed by atoms with Crippen LogP contribution in [0.15, 0.2) is 30.3 Å². The molecule has 20 heavy (non-hydrogen) atoms. The molecule has 1 N–H and O–H groups in total. The number of aryl methyl sites for hydroxylation is 2. The molecule has 3 rings (SSSR count). The standard InChI is InChI=1S/C16H16FNOS/c1-10(11-5-7-13(17)8-6-11)18-16(19)15-9-12-3-2-4-14(12)20-15/h5-10H,2-4H2,1H3,(H,18,19)/t10-/m1/s1. The highest BCUT2D eigenvalue weighted by atomic mass is 32.1. The minimum absolute atomic E-state index is 0.0405. The lowest BCUT2D eigenvalue weighted by Gasteiger charge is -2.13. The molecule has 104 valence electrons. The van der Waals surface area contributed by atoms with Gasteiger partial charge in [-0.05, 0) is 55.5 Å². The SMILES string of the molecule is C[C@@H](NC(=O)c1cc2c(s1)CCC2)c1ccc(F)cc1. The maximum Gasteiger partial charge on any atom is 0.261 e. The van der Waals surface area contributed by atoms with Crippen molar-refractivity contribution >= 4 is 17.2 Å². The molecule has 1 aliphatic carbocycles. The Morgan fingerprint density at radius 2 is 2.05 bits per heavy atom. The monoisotopic (exact) mass is 289 g/mol. The highest BCUT2D eigenvalue weighted by Gasteiger charge is 2.19. The maximum atomic E-state index is 12.9. The van der Waals surface area contributed by atoms with Crippen LogP contribution in [-0.4, -0.2) is 5.91 Å². The van der Waals surface area contributed by atoms with Crippen LogP contribution < -0.4 is 5.32 Å². The first-order chi connectivity index (χ1) is 9.63. The van der Waals surface area contributed by atoms with Crippen LogP contribution >= 0.6 is 11.3 Å². The van der Waals surface area contributed by atoms with E-state index in [1.165, 1.54) is 29.0 Å². The van der Waals surface area contributed by atoms with Crippen molar-refractivity contribution in [2.24, 2.45) is 0 Å². The van der Waals surface area contributed by atoms with E-state index in [1.807, 2.05) is 13.0 Å². The molecule has 0 spiro atoms. The predicted molar refractivity (Wildman–Crippen MR) is 78.6 cm³/mol. The van der Waals surface area contributed by atoms with Gasteiger partial charge in [0.15, 0.2) is 0 Å². The van der Waals surface area contributed by atoms with E-state index in [9.17, 15) is 9.18 Å². The first-order valence-corrected chi connectivity index (χ1v) is 7.63. The van der Waals surface area contributed by atoms with E-state index >= 15 is 0 Å². The Morgan fingerprint density at radius 1 is 1.30 bits per heavy atom. The molecule has 2 nitrogen and oxygen atoms in total. The Hall–Kier alpha value is -1.68. The second-order valence-corrected chi connectivity index (χ2v) is 6.30. The molecule has 0 saturated carbocycles. The molecule has 0 bridgehead atoms. The van der Waals surface area contributed by atoms with Gasteiger partial charge in [0.25, 0.3) is 5.91 Å². The van der Waals surface area contributed by atoms with Crippen molar-refractivity contribution in [3.05, 3.63) is 57.0 Å². The summed E-state index contributed by atoms with van der Waals surface area (Å²) in [5.74, 6) is -0.303. The Bertz CT molecular complexity index is 611. The zero-order valence-corrected chi connectivity index (χ0v) is 12.1. The van der Waals surface area contributed by atoms with Crippen molar-refractivity contribution in [3.63, 3.8) is 0 Å². The molecular weight excluding hydrogens is 273 g/mol. The number of hydrogen-bond acceptors (Lipinski definition) is 2. The van der Waals surface area contributed by atoms with Crippen molar-refractivity contribution in [1.82, 2.24) is 5.32 Å². The van der Waals surface area contributed by atoms with Crippen LogP contribution in [0.2, 0.25) is 0 Å². The fraction of sp³-hybridized carbons (Fsp3) is 0.312. The number of halogens is 1. The zero-order chi connectivity index (χ0) is 14.1. The van der Waals surface area contributed by atoms with Crippen molar-refractivity contribution in [2.45, 2.75) is 32.2 Å². The molecule has 0 aliphatic heterocycles. The Morgan fingerprint density at radius 3 is 2.75 bits per heavy atom. The van der Waals surface area contributed by atoms with Gasteiger partial charge in [-0.25, -0.2) is 4.39 Å². The summed E-state index contributed by atoms with van der Waals surface area (Å²) in [6, 6.07) is 8.12. The summed E-state index contributed by atoms with van der Waals surface area (Å²) in [4.78, 5) is 14.4. The molecule has 1 heterocycles. The van der Waals surface area contributed by atoms with E-state index in [0.29, 0.717) is 0 Å². The summed E-state index contributed by atoms with van der Waals surface area (Å²) in [6.07, 6.45) is 3.39. The first kappa shape index (κ1) is 13.3. The van der Waals surface area contributed by atoms with Gasteiger partial charge in [-0.15, -0.1) is 11.3 Å². The van der Waals surface area contributed by atoms with Crippen LogP contribution in [0, 0.1) is 5.82 Å². The Balaban J connectivity index is 1.70. The minimum atomic E-state index is -0.262. The summed E-state index contributed by atoms with van der Waals surface area (Å²) in [5, 5.41) is 2.97. The Labute approximate surface area is 121 Å². The van der Waals surface area contributed by atoms with Gasteiger partial charge in [0, 0.05) is 4.88 Å². The number of carbonyl (C=O) groups is 1. The quantitative estimate of drug-likeness (QED) is 0.913. The average molecular weight is 289 g/mol. The van der Waals surface area contributed by atoms with Crippen LogP contribution in [0.5, 0.6) is 0 Å². The molecule has 2 aromatic rings. The molecule has 1 amide bonds. The minimum Gasteiger partial charge on any atom is -0.345 e. The van der Waals surface area contributed by atoms with Crippen molar-refractivity contribution < 1.29 is 9.18 Å². The third kappa shape index (κ3) is 2.61. The van der Waals surface area contributed by atoms with Gasteiger partial charge < -0.3 is 5.32 Å². The van der Waals surface area contributed by atoms with Gasteiger partial charge in [-0.2, -0.15) is 0 Å². The van der Waals surface area contributed by atoms with Gasteiger partial charge in [0.05, 0.1) is 10.9 Å². The molecule has 0 unspecified atom stereocenters. The van der Waals surface area contributed by atoms with Crippen molar-refractivity contribution in [3.8, 4) is 0 Å². The lowest BCUT2D eigenvalue weighted by molar-refractivity contribution is 0.0944. The highest BCUT2D eigenvalue weighted by Crippen LogP contribution is 2.30. The molecule has 0 fully saturated rings. The van der Waals surface area contributed by atoms with E-state index in [-0.39, 0.29) is 17.8 Å². The second-order valence-electron chi connectivity index (χ2n) is 5.16. The number of rotatable bonds is 3. The predicted octanol–water partition coefficient (Wildman–Crippen LogP) is 3.87. The highest BCUT2D eigenvalue weighted by molar-refractivity contribution is 7.14. The normalized spacial score (nSPS) is 14.9. The van der Waals surface area contributed by atoms with E-state index in [4.69, 9.17) is 0 Å². The molecule has 1 aromatic carbocycles. The maximum absolute atomic E-state index is 12.9. The topological polar surface area (TPSA) is 29.1 Å². The van der Waals surface area contributed by atoms with Crippen LogP contribution in [0.1, 0.15) is 45.1 Å². The van der Waals surface area contributed by atoms with E-state index in [0.717, 1.165) is 23.3 Å². The molecular formula is C16H16FNOS. The number of carbonyl (C=O) groups excluding carboxylic acids is 1. The van der Waals surface area contributed by atoms with Gasteiger partial charge >= 0.3 is 0 Å². The molecule has 4 heteroatoms. The number of benzene rings is 1. The van der Waals surface area contributed by atoms with E-state index in [1.54, 1.807) is 23.5 Å². The zero-order valence-electron chi connectivity index (χ0n) is 11.3. The largest absolute Gasteiger partial charge is 0.345 e. The van der Waals surface area contributed by atoms with Crippen LogP contribution in [0.25, 0.3) is 0 Å². The smallest absolute Gasteiger partial charge is 0.261 e. The summed E-state index contributed by atoms with van der Waals surface area (Å²) >= 11 is 1.60. The number of nitrogens with one attached hydrogen (secondary N) is 1. The van der Waals surface area contributed by atoms with Crippen LogP contribution in [-0.2, 0) is 12.8 Å². The summed E-state index contributed by atoms with van der Waals surface area (Å²) in [5.41, 5.74) is 2.23. The molecule has 1 aliphatic rings. The number of amides is 1.